The molecule has 1 aromatic heterocycles. The van der Waals surface area contributed by atoms with Crippen molar-refractivity contribution in [1.29, 1.82) is 0 Å². The second-order valence-corrected chi connectivity index (χ2v) is 6.34. The molecule has 2 aromatic rings. The van der Waals surface area contributed by atoms with Crippen LogP contribution in [0.1, 0.15) is 37.4 Å². The zero-order chi connectivity index (χ0) is 18.0. The van der Waals surface area contributed by atoms with Crippen LogP contribution in [-0.2, 0) is 12.7 Å². The van der Waals surface area contributed by atoms with Crippen LogP contribution in [0.2, 0.25) is 0 Å². The Balaban J connectivity index is 1.80. The summed E-state index contributed by atoms with van der Waals surface area (Å²) in [5.41, 5.74) is -0.251. The zero-order valence-electron chi connectivity index (χ0n) is 14.0. The van der Waals surface area contributed by atoms with Crippen molar-refractivity contribution in [2.75, 3.05) is 6.54 Å². The molecule has 1 aromatic carbocycles. The van der Waals surface area contributed by atoms with Gasteiger partial charge in [0.25, 0.3) is 0 Å². The molecule has 0 amide bonds. The SMILES string of the molecule is CCC(O)[C@@H]1CCCN1Cc1coc(-c2ccccc2C(F)(F)F)n1. The van der Waals surface area contributed by atoms with Crippen LogP contribution in [0.25, 0.3) is 11.5 Å². The van der Waals surface area contributed by atoms with Crippen molar-refractivity contribution in [3.8, 4) is 11.5 Å². The first kappa shape index (κ1) is 17.9. The van der Waals surface area contributed by atoms with Crippen LogP contribution in [0.5, 0.6) is 0 Å². The van der Waals surface area contributed by atoms with Crippen LogP contribution in [0.3, 0.4) is 0 Å². The van der Waals surface area contributed by atoms with Crippen molar-refractivity contribution in [3.05, 3.63) is 41.8 Å². The number of alkyl halides is 3. The molecule has 0 saturated carbocycles. The topological polar surface area (TPSA) is 49.5 Å². The first-order valence-electron chi connectivity index (χ1n) is 8.43. The summed E-state index contributed by atoms with van der Waals surface area (Å²) in [6.07, 6.45) is -0.892. The van der Waals surface area contributed by atoms with Crippen molar-refractivity contribution in [3.63, 3.8) is 0 Å². The van der Waals surface area contributed by atoms with Gasteiger partial charge in [-0.2, -0.15) is 13.2 Å². The molecule has 1 aliphatic rings. The smallest absolute Gasteiger partial charge is 0.417 e. The van der Waals surface area contributed by atoms with Crippen molar-refractivity contribution < 1.29 is 22.7 Å². The van der Waals surface area contributed by atoms with Crippen molar-refractivity contribution in [1.82, 2.24) is 9.88 Å². The molecule has 1 unspecified atom stereocenters. The molecule has 136 valence electrons. The fourth-order valence-corrected chi connectivity index (χ4v) is 3.38. The fraction of sp³-hybridized carbons (Fsp3) is 0.500. The Labute approximate surface area is 144 Å². The second kappa shape index (κ2) is 7.17. The number of aromatic nitrogens is 1. The number of benzene rings is 1. The lowest BCUT2D eigenvalue weighted by Crippen LogP contribution is -2.38. The molecular weight excluding hydrogens is 333 g/mol. The summed E-state index contributed by atoms with van der Waals surface area (Å²) >= 11 is 0. The average molecular weight is 354 g/mol. The monoisotopic (exact) mass is 354 g/mol. The minimum Gasteiger partial charge on any atom is -0.444 e. The number of oxazole rings is 1. The highest BCUT2D eigenvalue weighted by molar-refractivity contribution is 5.59. The number of rotatable bonds is 5. The predicted molar refractivity (Wildman–Crippen MR) is 86.7 cm³/mol. The summed E-state index contributed by atoms with van der Waals surface area (Å²) in [7, 11) is 0. The van der Waals surface area contributed by atoms with Gasteiger partial charge in [0.05, 0.1) is 17.4 Å². The molecule has 0 aliphatic carbocycles. The summed E-state index contributed by atoms with van der Waals surface area (Å²) < 4.78 is 44.7. The van der Waals surface area contributed by atoms with Gasteiger partial charge in [0.2, 0.25) is 5.89 Å². The van der Waals surface area contributed by atoms with Crippen LogP contribution >= 0.6 is 0 Å². The average Bonchev–Trinajstić information content (AvgIpc) is 3.23. The molecule has 2 atom stereocenters. The van der Waals surface area contributed by atoms with Gasteiger partial charge in [-0.15, -0.1) is 0 Å². The summed E-state index contributed by atoms with van der Waals surface area (Å²) in [5, 5.41) is 10.1. The Morgan fingerprint density at radius 2 is 2.12 bits per heavy atom. The van der Waals surface area contributed by atoms with Gasteiger partial charge in [-0.25, -0.2) is 4.98 Å². The van der Waals surface area contributed by atoms with Gasteiger partial charge in [-0.05, 0) is 37.9 Å². The first-order chi connectivity index (χ1) is 11.9. The Kier molecular flexibility index (Phi) is 5.15. The van der Waals surface area contributed by atoms with Gasteiger partial charge in [0.1, 0.15) is 6.26 Å². The Morgan fingerprint density at radius 3 is 2.84 bits per heavy atom. The molecule has 3 rings (SSSR count). The maximum atomic E-state index is 13.1. The largest absolute Gasteiger partial charge is 0.444 e. The first-order valence-corrected chi connectivity index (χ1v) is 8.43. The minimum atomic E-state index is -4.46. The van der Waals surface area contributed by atoms with Crippen molar-refractivity contribution in [2.45, 2.75) is 51.1 Å². The van der Waals surface area contributed by atoms with Gasteiger partial charge in [-0.1, -0.05) is 19.1 Å². The van der Waals surface area contributed by atoms with E-state index in [4.69, 9.17) is 4.42 Å². The van der Waals surface area contributed by atoms with Gasteiger partial charge >= 0.3 is 6.18 Å². The third-order valence-corrected chi connectivity index (χ3v) is 4.66. The van der Waals surface area contributed by atoms with Crippen molar-refractivity contribution in [2.24, 2.45) is 0 Å². The minimum absolute atomic E-state index is 0.0327. The van der Waals surface area contributed by atoms with E-state index in [-0.39, 0.29) is 17.5 Å². The maximum absolute atomic E-state index is 13.1. The molecule has 2 heterocycles. The maximum Gasteiger partial charge on any atom is 0.417 e. The van der Waals surface area contributed by atoms with E-state index in [2.05, 4.69) is 9.88 Å². The Morgan fingerprint density at radius 1 is 1.36 bits per heavy atom. The highest BCUT2D eigenvalue weighted by Crippen LogP contribution is 2.36. The number of hydrogen-bond acceptors (Lipinski definition) is 4. The summed E-state index contributed by atoms with van der Waals surface area (Å²) in [5.74, 6) is -0.0327. The highest BCUT2D eigenvalue weighted by atomic mass is 19.4. The van der Waals surface area contributed by atoms with E-state index in [0.717, 1.165) is 25.5 Å². The number of halogens is 3. The van der Waals surface area contributed by atoms with E-state index < -0.39 is 17.8 Å². The van der Waals surface area contributed by atoms with E-state index in [1.807, 2.05) is 6.92 Å². The zero-order valence-corrected chi connectivity index (χ0v) is 14.0. The third kappa shape index (κ3) is 3.88. The van der Waals surface area contributed by atoms with Crippen LogP contribution < -0.4 is 0 Å². The molecular formula is C18H21F3N2O2. The lowest BCUT2D eigenvalue weighted by atomic mass is 10.1. The molecule has 4 nitrogen and oxygen atoms in total. The summed E-state index contributed by atoms with van der Waals surface area (Å²) in [6.45, 7) is 3.23. The summed E-state index contributed by atoms with van der Waals surface area (Å²) in [6, 6.07) is 5.32. The van der Waals surface area contributed by atoms with E-state index in [1.54, 1.807) is 0 Å². The molecule has 0 radical (unpaired) electrons. The molecule has 0 bridgehead atoms. The number of aliphatic hydroxyl groups excluding tert-OH is 1. The fourth-order valence-electron chi connectivity index (χ4n) is 3.38. The molecule has 7 heteroatoms. The number of nitrogens with zero attached hydrogens (tertiary/aromatic N) is 2. The van der Waals surface area contributed by atoms with Gasteiger partial charge in [0.15, 0.2) is 0 Å². The third-order valence-electron chi connectivity index (χ3n) is 4.66. The van der Waals surface area contributed by atoms with E-state index in [0.29, 0.717) is 18.7 Å². The number of hydrogen-bond donors (Lipinski definition) is 1. The lowest BCUT2D eigenvalue weighted by molar-refractivity contribution is -0.137. The quantitative estimate of drug-likeness (QED) is 0.878. The molecule has 1 saturated heterocycles. The molecule has 0 spiro atoms. The van der Waals surface area contributed by atoms with Crippen LogP contribution in [0, 0.1) is 0 Å². The normalized spacial score (nSPS) is 20.1. The Hall–Kier alpha value is -1.86. The van der Waals surface area contributed by atoms with Crippen LogP contribution in [0.4, 0.5) is 13.2 Å². The van der Waals surface area contributed by atoms with Crippen LogP contribution in [0.15, 0.2) is 34.9 Å². The van der Waals surface area contributed by atoms with Crippen LogP contribution in [-0.4, -0.2) is 33.7 Å². The molecule has 1 fully saturated rings. The number of aliphatic hydroxyl groups is 1. The highest BCUT2D eigenvalue weighted by Gasteiger charge is 2.35. The van der Waals surface area contributed by atoms with Gasteiger partial charge in [0, 0.05) is 18.2 Å². The molecule has 1 N–H and O–H groups in total. The Bertz CT molecular complexity index is 714. The second-order valence-electron chi connectivity index (χ2n) is 6.34. The lowest BCUT2D eigenvalue weighted by Gasteiger charge is -2.27. The van der Waals surface area contributed by atoms with E-state index >= 15 is 0 Å². The van der Waals surface area contributed by atoms with E-state index in [9.17, 15) is 18.3 Å². The molecule has 25 heavy (non-hydrogen) atoms. The summed E-state index contributed by atoms with van der Waals surface area (Å²) in [4.78, 5) is 6.36. The van der Waals surface area contributed by atoms with E-state index in [1.165, 1.54) is 24.5 Å². The van der Waals surface area contributed by atoms with Crippen molar-refractivity contribution >= 4 is 0 Å². The standard InChI is InChI=1S/C18H21F3N2O2/c1-2-16(24)15-8-5-9-23(15)10-12-11-25-17(22-12)13-6-3-4-7-14(13)18(19,20)21/h3-4,6-7,11,15-16,24H,2,5,8-10H2,1H3/t15-,16?/m0/s1. The molecule has 1 aliphatic heterocycles. The predicted octanol–water partition coefficient (Wildman–Crippen LogP) is 4.10. The van der Waals surface area contributed by atoms with Gasteiger partial charge < -0.3 is 9.52 Å². The van der Waals surface area contributed by atoms with Gasteiger partial charge in [-0.3, -0.25) is 4.90 Å². The number of likely N-dealkylation sites (tertiary alicyclic amines) is 1.